The normalized spacial score (nSPS) is 12.3. The number of benzene rings is 2. The molecular formula is C20H26N2O4S2. The summed E-state index contributed by atoms with van der Waals surface area (Å²) in [5.41, 5.74) is 1.08. The van der Waals surface area contributed by atoms with Crippen LogP contribution in [0.25, 0.3) is 0 Å². The topological polar surface area (TPSA) is 75.7 Å². The number of hydrogen-bond donors (Lipinski definition) is 1. The van der Waals surface area contributed by atoms with Crippen molar-refractivity contribution in [1.29, 1.82) is 0 Å². The van der Waals surface area contributed by atoms with E-state index in [1.54, 1.807) is 43.0 Å². The summed E-state index contributed by atoms with van der Waals surface area (Å²) in [5, 5.41) is 2.86. The Morgan fingerprint density at radius 3 is 2.36 bits per heavy atom. The summed E-state index contributed by atoms with van der Waals surface area (Å²) in [4.78, 5) is 13.8. The van der Waals surface area contributed by atoms with E-state index in [-0.39, 0.29) is 0 Å². The highest BCUT2D eigenvalue weighted by Gasteiger charge is 2.29. The van der Waals surface area contributed by atoms with Crippen LogP contribution in [0.15, 0.2) is 53.4 Å². The van der Waals surface area contributed by atoms with Crippen LogP contribution >= 0.6 is 11.8 Å². The average Bonchev–Trinajstić information content (AvgIpc) is 2.64. The molecule has 1 unspecified atom stereocenters. The number of nitrogens with one attached hydrogen (secondary N) is 1. The molecule has 152 valence electrons. The minimum atomic E-state index is -3.67. The maximum atomic E-state index is 12.8. The van der Waals surface area contributed by atoms with Crippen molar-refractivity contribution < 1.29 is 17.9 Å². The van der Waals surface area contributed by atoms with Gasteiger partial charge in [-0.2, -0.15) is 0 Å². The van der Waals surface area contributed by atoms with Crippen LogP contribution in [0.2, 0.25) is 0 Å². The van der Waals surface area contributed by atoms with Gasteiger partial charge in [-0.1, -0.05) is 19.1 Å². The summed E-state index contributed by atoms with van der Waals surface area (Å²) in [7, 11) is -3.67. The molecule has 0 radical (unpaired) electrons. The molecule has 1 amide bonds. The smallest absolute Gasteiger partial charge is 0.248 e. The number of anilines is 2. The van der Waals surface area contributed by atoms with Crippen molar-refractivity contribution in [2.45, 2.75) is 31.7 Å². The standard InChI is InChI=1S/C20H26N2O4S2/c1-5-26-17-13-11-16(12-14-17)22(28(4,24)25)15(3)20(23)21-18-9-7-8-10-19(18)27-6-2/h7-15H,5-6H2,1-4H3,(H,21,23). The lowest BCUT2D eigenvalue weighted by molar-refractivity contribution is -0.116. The number of nitrogens with zero attached hydrogens (tertiary/aromatic N) is 1. The van der Waals surface area contributed by atoms with Crippen molar-refractivity contribution in [3.05, 3.63) is 48.5 Å². The Bertz CT molecular complexity index is 899. The minimum Gasteiger partial charge on any atom is -0.494 e. The lowest BCUT2D eigenvalue weighted by Gasteiger charge is -2.28. The maximum absolute atomic E-state index is 12.8. The van der Waals surface area contributed by atoms with Crippen molar-refractivity contribution in [2.24, 2.45) is 0 Å². The number of amides is 1. The molecular weight excluding hydrogens is 396 g/mol. The first-order chi connectivity index (χ1) is 13.3. The second-order valence-corrected chi connectivity index (χ2v) is 9.25. The van der Waals surface area contributed by atoms with Crippen LogP contribution in [0, 0.1) is 0 Å². The van der Waals surface area contributed by atoms with Gasteiger partial charge < -0.3 is 10.1 Å². The van der Waals surface area contributed by atoms with Crippen molar-refractivity contribution in [3.8, 4) is 5.75 Å². The second-order valence-electron chi connectivity index (χ2n) is 6.08. The quantitative estimate of drug-likeness (QED) is 0.619. The van der Waals surface area contributed by atoms with E-state index in [0.717, 1.165) is 21.2 Å². The third kappa shape index (κ3) is 5.65. The van der Waals surface area contributed by atoms with Crippen LogP contribution in [0.4, 0.5) is 11.4 Å². The predicted molar refractivity (Wildman–Crippen MR) is 116 cm³/mol. The number of carbonyl (C=O) groups excluding carboxylic acids is 1. The largest absolute Gasteiger partial charge is 0.494 e. The van der Waals surface area contributed by atoms with Gasteiger partial charge in [-0.25, -0.2) is 8.42 Å². The van der Waals surface area contributed by atoms with E-state index in [9.17, 15) is 13.2 Å². The summed E-state index contributed by atoms with van der Waals surface area (Å²) in [5.74, 6) is 1.11. The van der Waals surface area contributed by atoms with E-state index in [1.807, 2.05) is 38.1 Å². The third-order valence-electron chi connectivity index (χ3n) is 3.94. The molecule has 8 heteroatoms. The van der Waals surface area contributed by atoms with Crippen LogP contribution in [0.1, 0.15) is 20.8 Å². The van der Waals surface area contributed by atoms with E-state index >= 15 is 0 Å². The zero-order chi connectivity index (χ0) is 20.7. The number of rotatable bonds is 9. The molecule has 6 nitrogen and oxygen atoms in total. The number of hydrogen-bond acceptors (Lipinski definition) is 5. The Morgan fingerprint density at radius 1 is 1.14 bits per heavy atom. The molecule has 1 atom stereocenters. The highest BCUT2D eigenvalue weighted by molar-refractivity contribution is 7.99. The summed E-state index contributed by atoms with van der Waals surface area (Å²) < 4.78 is 31.4. The number of ether oxygens (including phenoxy) is 1. The second kappa shape index (κ2) is 9.84. The van der Waals surface area contributed by atoms with Crippen molar-refractivity contribution in [1.82, 2.24) is 0 Å². The molecule has 0 bridgehead atoms. The first kappa shape index (κ1) is 22.1. The fraction of sp³-hybridized carbons (Fsp3) is 0.350. The van der Waals surface area contributed by atoms with Crippen LogP contribution in [0.3, 0.4) is 0 Å². The fourth-order valence-electron chi connectivity index (χ4n) is 2.75. The van der Waals surface area contributed by atoms with Crippen LogP contribution in [-0.2, 0) is 14.8 Å². The Hall–Kier alpha value is -2.19. The lowest BCUT2D eigenvalue weighted by Crippen LogP contribution is -2.45. The van der Waals surface area contributed by atoms with Gasteiger partial charge in [-0.15, -0.1) is 11.8 Å². The van der Waals surface area contributed by atoms with Crippen molar-refractivity contribution in [2.75, 3.05) is 28.2 Å². The molecule has 0 spiro atoms. The molecule has 2 aromatic carbocycles. The van der Waals surface area contributed by atoms with Crippen LogP contribution in [-0.4, -0.2) is 39.0 Å². The molecule has 0 aromatic heterocycles. The van der Waals surface area contributed by atoms with Gasteiger partial charge in [0, 0.05) is 4.90 Å². The average molecular weight is 423 g/mol. The fourth-order valence-corrected chi connectivity index (χ4v) is 4.69. The molecule has 2 aromatic rings. The summed E-state index contributed by atoms with van der Waals surface area (Å²) in [6.45, 7) is 5.99. The summed E-state index contributed by atoms with van der Waals surface area (Å²) in [6, 6.07) is 13.2. The molecule has 0 aliphatic heterocycles. The number of thioether (sulfide) groups is 1. The zero-order valence-corrected chi connectivity index (χ0v) is 18.1. The highest BCUT2D eigenvalue weighted by atomic mass is 32.2. The number of para-hydroxylation sites is 1. The van der Waals surface area contributed by atoms with Gasteiger partial charge >= 0.3 is 0 Å². The van der Waals surface area contributed by atoms with E-state index in [2.05, 4.69) is 5.32 Å². The van der Waals surface area contributed by atoms with Gasteiger partial charge in [0.1, 0.15) is 11.8 Å². The SMILES string of the molecule is CCOc1ccc(N(C(C)C(=O)Nc2ccccc2SCC)S(C)(=O)=O)cc1. The van der Waals surface area contributed by atoms with Gasteiger partial charge in [-0.05, 0) is 56.0 Å². The van der Waals surface area contributed by atoms with Crippen molar-refractivity contribution in [3.63, 3.8) is 0 Å². The molecule has 0 aliphatic rings. The Labute approximate surface area is 171 Å². The molecule has 0 saturated heterocycles. The zero-order valence-electron chi connectivity index (χ0n) is 16.5. The first-order valence-electron chi connectivity index (χ1n) is 9.02. The number of sulfonamides is 1. The summed E-state index contributed by atoms with van der Waals surface area (Å²) in [6.07, 6.45) is 1.09. The van der Waals surface area contributed by atoms with Crippen LogP contribution < -0.4 is 14.4 Å². The predicted octanol–water partition coefficient (Wildman–Crippen LogP) is 3.99. The minimum absolute atomic E-state index is 0.400. The number of carbonyl (C=O) groups is 1. The lowest BCUT2D eigenvalue weighted by atomic mass is 10.2. The molecule has 2 rings (SSSR count). The molecule has 0 aliphatic carbocycles. The molecule has 28 heavy (non-hydrogen) atoms. The molecule has 0 saturated carbocycles. The highest BCUT2D eigenvalue weighted by Crippen LogP contribution is 2.28. The van der Waals surface area contributed by atoms with Gasteiger partial charge in [0.25, 0.3) is 0 Å². The summed E-state index contributed by atoms with van der Waals surface area (Å²) >= 11 is 1.61. The first-order valence-corrected chi connectivity index (χ1v) is 11.9. The van der Waals surface area contributed by atoms with E-state index in [0.29, 0.717) is 23.7 Å². The monoisotopic (exact) mass is 422 g/mol. The Balaban J connectivity index is 2.28. The van der Waals surface area contributed by atoms with Gasteiger partial charge in [-0.3, -0.25) is 9.10 Å². The van der Waals surface area contributed by atoms with Crippen LogP contribution in [0.5, 0.6) is 5.75 Å². The van der Waals surface area contributed by atoms with Crippen molar-refractivity contribution >= 4 is 39.1 Å². The van der Waals surface area contributed by atoms with E-state index < -0.39 is 22.0 Å². The molecule has 0 fully saturated rings. The Kier molecular flexibility index (Phi) is 7.77. The third-order valence-corrected chi connectivity index (χ3v) is 6.13. The van der Waals surface area contributed by atoms with Gasteiger partial charge in [0.15, 0.2) is 0 Å². The van der Waals surface area contributed by atoms with Gasteiger partial charge in [0.05, 0.1) is 24.2 Å². The van der Waals surface area contributed by atoms with E-state index in [4.69, 9.17) is 4.74 Å². The van der Waals surface area contributed by atoms with Gasteiger partial charge in [0.2, 0.25) is 15.9 Å². The van der Waals surface area contributed by atoms with E-state index in [1.165, 1.54) is 0 Å². The molecule has 0 heterocycles. The maximum Gasteiger partial charge on any atom is 0.248 e. The Morgan fingerprint density at radius 2 is 1.79 bits per heavy atom. The molecule has 1 N–H and O–H groups in total.